The number of hydrogen-bond donors (Lipinski definition) is 2. The molecule has 2 N–H and O–H groups in total. The quantitative estimate of drug-likeness (QED) is 0.646. The van der Waals surface area contributed by atoms with Crippen molar-refractivity contribution in [1.29, 1.82) is 0 Å². The molecule has 32 heavy (non-hydrogen) atoms. The van der Waals surface area contributed by atoms with Crippen LogP contribution in [0.4, 0.5) is 0 Å². The van der Waals surface area contributed by atoms with E-state index in [0.29, 0.717) is 23.7 Å². The lowest BCUT2D eigenvalue weighted by atomic mass is 10.0. The van der Waals surface area contributed by atoms with Crippen molar-refractivity contribution in [2.75, 3.05) is 13.2 Å². The third kappa shape index (κ3) is 5.39. The topological polar surface area (TPSA) is 76.7 Å². The van der Waals surface area contributed by atoms with Crippen LogP contribution in [0.2, 0.25) is 5.02 Å². The van der Waals surface area contributed by atoms with Gasteiger partial charge in [-0.3, -0.25) is 9.59 Å². The van der Waals surface area contributed by atoms with Gasteiger partial charge in [0.15, 0.2) is 0 Å². The molecule has 1 saturated heterocycles. The van der Waals surface area contributed by atoms with Crippen molar-refractivity contribution in [3.63, 3.8) is 0 Å². The molecule has 2 amide bonds. The fourth-order valence-electron chi connectivity index (χ4n) is 3.65. The second-order valence-electron chi connectivity index (χ2n) is 7.81. The number of nitrogens with one attached hydrogen (secondary N) is 2. The first-order valence-corrected chi connectivity index (χ1v) is 11.0. The predicted molar refractivity (Wildman–Crippen MR) is 123 cm³/mol. The van der Waals surface area contributed by atoms with E-state index in [4.69, 9.17) is 21.1 Å². The fourth-order valence-corrected chi connectivity index (χ4v) is 3.78. The highest BCUT2D eigenvalue weighted by Crippen LogP contribution is 2.30. The molecule has 2 aromatic rings. The number of ether oxygens (including phenoxy) is 2. The Morgan fingerprint density at radius 1 is 1.16 bits per heavy atom. The molecule has 2 aliphatic rings. The summed E-state index contributed by atoms with van der Waals surface area (Å²) in [6.07, 6.45) is 5.24. The molecule has 0 unspecified atom stereocenters. The first kappa shape index (κ1) is 22.1. The van der Waals surface area contributed by atoms with Gasteiger partial charge >= 0.3 is 0 Å². The molecule has 4 rings (SSSR count). The lowest BCUT2D eigenvalue weighted by Gasteiger charge is -2.23. The Labute approximate surface area is 192 Å². The second kappa shape index (κ2) is 10.0. The van der Waals surface area contributed by atoms with Crippen molar-refractivity contribution in [1.82, 2.24) is 10.6 Å². The molecule has 0 saturated carbocycles. The van der Waals surface area contributed by atoms with E-state index >= 15 is 0 Å². The molecule has 6 nitrogen and oxygen atoms in total. The number of benzene rings is 2. The maximum Gasteiger partial charge on any atom is 0.267 e. The number of carbonyl (C=O) groups is 2. The van der Waals surface area contributed by atoms with Gasteiger partial charge in [0.25, 0.3) is 11.8 Å². The highest BCUT2D eigenvalue weighted by atomic mass is 35.5. The van der Waals surface area contributed by atoms with E-state index in [9.17, 15) is 9.59 Å². The summed E-state index contributed by atoms with van der Waals surface area (Å²) in [4.78, 5) is 25.8. The van der Waals surface area contributed by atoms with Crippen LogP contribution >= 0.6 is 11.6 Å². The monoisotopic (exact) mass is 452 g/mol. The maximum absolute atomic E-state index is 13.0. The summed E-state index contributed by atoms with van der Waals surface area (Å²) >= 11 is 5.92. The van der Waals surface area contributed by atoms with Crippen LogP contribution in [-0.2, 0) is 9.53 Å². The zero-order valence-corrected chi connectivity index (χ0v) is 18.5. The van der Waals surface area contributed by atoms with Crippen molar-refractivity contribution in [2.24, 2.45) is 0 Å². The van der Waals surface area contributed by atoms with E-state index in [1.807, 2.05) is 37.3 Å². The average molecular weight is 453 g/mol. The van der Waals surface area contributed by atoms with E-state index in [2.05, 4.69) is 10.6 Å². The lowest BCUT2D eigenvalue weighted by molar-refractivity contribution is -0.118. The van der Waals surface area contributed by atoms with Crippen LogP contribution in [0.1, 0.15) is 35.7 Å². The van der Waals surface area contributed by atoms with E-state index in [0.717, 1.165) is 29.7 Å². The van der Waals surface area contributed by atoms with Crippen molar-refractivity contribution in [2.45, 2.75) is 32.0 Å². The van der Waals surface area contributed by atoms with Gasteiger partial charge in [0.1, 0.15) is 17.6 Å². The summed E-state index contributed by atoms with van der Waals surface area (Å²) in [7, 11) is 0. The Balaban J connectivity index is 1.58. The van der Waals surface area contributed by atoms with Gasteiger partial charge in [0.2, 0.25) is 0 Å². The van der Waals surface area contributed by atoms with Crippen LogP contribution in [-0.4, -0.2) is 37.2 Å². The van der Waals surface area contributed by atoms with Crippen LogP contribution in [0.3, 0.4) is 0 Å². The van der Waals surface area contributed by atoms with E-state index in [-0.39, 0.29) is 23.8 Å². The van der Waals surface area contributed by atoms with E-state index < -0.39 is 5.91 Å². The third-order valence-corrected chi connectivity index (χ3v) is 5.69. The number of fused-ring (bicyclic) bond motifs is 1. The van der Waals surface area contributed by atoms with Gasteiger partial charge in [-0.1, -0.05) is 29.8 Å². The molecule has 0 bridgehead atoms. The SMILES string of the molecule is C[C@@H]1Oc2ccccc2C=C1/C=C(\NC(=O)c1ccc(Cl)cc1)C(=O)NC[C@H]1CCCO1. The highest BCUT2D eigenvalue weighted by molar-refractivity contribution is 6.30. The standard InChI is InChI=1S/C25H25ClN2O4/c1-16-19(13-18-5-2-3-7-23(18)32-16)14-22(25(30)27-15-21-6-4-12-31-21)28-24(29)17-8-10-20(26)11-9-17/h2-3,5,7-11,13-14,16,21H,4,6,12,15H2,1H3,(H,27,30)(H,28,29)/b22-14-/t16-,21+/m0/s1. The van der Waals surface area contributed by atoms with Crippen molar-refractivity contribution in [3.05, 3.63) is 82.0 Å². The van der Waals surface area contributed by atoms with Crippen molar-refractivity contribution < 1.29 is 19.1 Å². The molecule has 0 radical (unpaired) electrons. The summed E-state index contributed by atoms with van der Waals surface area (Å²) in [6, 6.07) is 14.2. The Hall–Kier alpha value is -3.09. The fraction of sp³-hybridized carbons (Fsp3) is 0.280. The first-order valence-electron chi connectivity index (χ1n) is 10.7. The van der Waals surface area contributed by atoms with E-state index in [1.165, 1.54) is 0 Å². The summed E-state index contributed by atoms with van der Waals surface area (Å²) in [5.41, 5.74) is 2.24. The third-order valence-electron chi connectivity index (χ3n) is 5.44. The minimum Gasteiger partial charge on any atom is -0.485 e. The minimum atomic E-state index is -0.398. The van der Waals surface area contributed by atoms with Crippen molar-refractivity contribution in [3.8, 4) is 5.75 Å². The van der Waals surface area contributed by atoms with Crippen LogP contribution in [0.5, 0.6) is 5.75 Å². The molecular weight excluding hydrogens is 428 g/mol. The van der Waals surface area contributed by atoms with Gasteiger partial charge in [0.05, 0.1) is 6.10 Å². The summed E-state index contributed by atoms with van der Waals surface area (Å²) in [5.74, 6) is 0.00655. The molecule has 2 heterocycles. The minimum absolute atomic E-state index is 0.00445. The van der Waals surface area contributed by atoms with Crippen LogP contribution < -0.4 is 15.4 Å². The van der Waals surface area contributed by atoms with Gasteiger partial charge in [-0.2, -0.15) is 0 Å². The summed E-state index contributed by atoms with van der Waals surface area (Å²) in [6.45, 7) is 3.00. The number of carbonyl (C=O) groups excluding carboxylic acids is 2. The van der Waals surface area contributed by atoms with Gasteiger partial charge < -0.3 is 20.1 Å². The Morgan fingerprint density at radius 2 is 1.94 bits per heavy atom. The van der Waals surface area contributed by atoms with Crippen molar-refractivity contribution >= 4 is 29.5 Å². The molecular formula is C25H25ClN2O4. The molecule has 166 valence electrons. The number of rotatable bonds is 6. The molecule has 0 spiro atoms. The van der Waals surface area contributed by atoms with Gasteiger partial charge in [0, 0.05) is 29.3 Å². The molecule has 1 fully saturated rings. The Morgan fingerprint density at radius 3 is 2.69 bits per heavy atom. The normalized spacial score (nSPS) is 20.1. The smallest absolute Gasteiger partial charge is 0.267 e. The average Bonchev–Trinajstić information content (AvgIpc) is 3.31. The zero-order chi connectivity index (χ0) is 22.5. The number of hydrogen-bond acceptors (Lipinski definition) is 4. The molecule has 2 atom stereocenters. The van der Waals surface area contributed by atoms with Gasteiger partial charge in [-0.25, -0.2) is 0 Å². The maximum atomic E-state index is 13.0. The second-order valence-corrected chi connectivity index (χ2v) is 8.24. The van der Waals surface area contributed by atoms with Gasteiger partial charge in [-0.05, 0) is 67.8 Å². The molecule has 0 aromatic heterocycles. The number of halogens is 1. The van der Waals surface area contributed by atoms with Crippen LogP contribution in [0.25, 0.3) is 6.08 Å². The van der Waals surface area contributed by atoms with Crippen LogP contribution in [0.15, 0.2) is 65.9 Å². The Bertz CT molecular complexity index is 1060. The molecule has 7 heteroatoms. The largest absolute Gasteiger partial charge is 0.485 e. The Kier molecular flexibility index (Phi) is 6.93. The highest BCUT2D eigenvalue weighted by Gasteiger charge is 2.22. The molecule has 2 aliphatic heterocycles. The molecule has 2 aromatic carbocycles. The first-order chi connectivity index (χ1) is 15.5. The predicted octanol–water partition coefficient (Wildman–Crippen LogP) is 4.11. The number of para-hydroxylation sites is 1. The summed E-state index contributed by atoms with van der Waals surface area (Å²) in [5, 5.41) is 6.16. The van der Waals surface area contributed by atoms with E-state index in [1.54, 1.807) is 30.3 Å². The van der Waals surface area contributed by atoms with Gasteiger partial charge in [-0.15, -0.1) is 0 Å². The summed E-state index contributed by atoms with van der Waals surface area (Å²) < 4.78 is 11.6. The zero-order valence-electron chi connectivity index (χ0n) is 17.8. The van der Waals surface area contributed by atoms with Crippen LogP contribution in [0, 0.1) is 0 Å². The molecule has 0 aliphatic carbocycles. The lowest BCUT2D eigenvalue weighted by Crippen LogP contribution is -2.38. The number of amides is 2.